The quantitative estimate of drug-likeness (QED) is 0.750. The molecule has 0 aliphatic heterocycles. The molecule has 0 fully saturated rings. The molecule has 0 heterocycles. The monoisotopic (exact) mass is 273 g/mol. The first-order chi connectivity index (χ1) is 8.54. The highest BCUT2D eigenvalue weighted by Gasteiger charge is 2.11. The second kappa shape index (κ2) is 7.59. The van der Waals surface area contributed by atoms with Gasteiger partial charge in [-0.15, -0.1) is 0 Å². The molecule has 0 spiro atoms. The van der Waals surface area contributed by atoms with E-state index in [1.807, 2.05) is 21.0 Å². The van der Waals surface area contributed by atoms with Gasteiger partial charge in [-0.25, -0.2) is 4.39 Å². The van der Waals surface area contributed by atoms with Crippen molar-refractivity contribution in [3.05, 3.63) is 28.5 Å². The number of aryl methyl sites for hydroxylation is 1. The van der Waals surface area contributed by atoms with Crippen molar-refractivity contribution in [2.45, 2.75) is 26.2 Å². The Hall–Kier alpha value is -0.800. The van der Waals surface area contributed by atoms with Crippen molar-refractivity contribution in [2.24, 2.45) is 0 Å². The van der Waals surface area contributed by atoms with Gasteiger partial charge in [0.1, 0.15) is 11.6 Å². The number of benzene rings is 1. The Kier molecular flexibility index (Phi) is 6.44. The smallest absolute Gasteiger partial charge is 0.141 e. The Bertz CT molecular complexity index is 382. The van der Waals surface area contributed by atoms with Crippen LogP contribution in [0.1, 0.15) is 25.3 Å². The van der Waals surface area contributed by atoms with E-state index in [0.717, 1.165) is 31.4 Å². The minimum Gasteiger partial charge on any atom is -0.492 e. The molecule has 102 valence electrons. The summed E-state index contributed by atoms with van der Waals surface area (Å²) < 4.78 is 19.0. The molecular formula is C14H21ClFNO. The zero-order chi connectivity index (χ0) is 13.5. The van der Waals surface area contributed by atoms with Gasteiger partial charge in [-0.2, -0.15) is 0 Å². The maximum Gasteiger partial charge on any atom is 0.141 e. The Morgan fingerprint density at radius 3 is 2.67 bits per heavy atom. The summed E-state index contributed by atoms with van der Waals surface area (Å²) in [6, 6.07) is 2.83. The molecule has 0 radical (unpaired) electrons. The lowest BCUT2D eigenvalue weighted by Crippen LogP contribution is -2.13. The van der Waals surface area contributed by atoms with Gasteiger partial charge in [0.2, 0.25) is 0 Å². The van der Waals surface area contributed by atoms with Gasteiger partial charge in [0.05, 0.1) is 11.6 Å². The van der Waals surface area contributed by atoms with E-state index in [1.54, 1.807) is 0 Å². The summed E-state index contributed by atoms with van der Waals surface area (Å²) >= 11 is 6.04. The van der Waals surface area contributed by atoms with Crippen LogP contribution in [0.15, 0.2) is 12.1 Å². The van der Waals surface area contributed by atoms with Crippen LogP contribution >= 0.6 is 11.6 Å². The number of hydrogen-bond donors (Lipinski definition) is 0. The van der Waals surface area contributed by atoms with E-state index in [4.69, 9.17) is 16.3 Å². The van der Waals surface area contributed by atoms with E-state index in [9.17, 15) is 4.39 Å². The summed E-state index contributed by atoms with van der Waals surface area (Å²) in [4.78, 5) is 2.10. The first-order valence-corrected chi connectivity index (χ1v) is 6.67. The molecular weight excluding hydrogens is 253 g/mol. The molecule has 1 aromatic rings. The SMILES string of the molecule is CCCOc1c(Cl)cc(F)cc1CCCN(C)C. The molecule has 1 aromatic carbocycles. The van der Waals surface area contributed by atoms with Crippen molar-refractivity contribution >= 4 is 11.6 Å². The molecule has 0 saturated carbocycles. The maximum absolute atomic E-state index is 13.4. The van der Waals surface area contributed by atoms with Crippen molar-refractivity contribution in [1.82, 2.24) is 4.90 Å². The minimum absolute atomic E-state index is 0.302. The molecule has 0 N–H and O–H groups in total. The lowest BCUT2D eigenvalue weighted by atomic mass is 10.1. The van der Waals surface area contributed by atoms with Crippen LogP contribution in [-0.4, -0.2) is 32.1 Å². The predicted octanol–water partition coefficient (Wildman–Crippen LogP) is 3.76. The van der Waals surface area contributed by atoms with Crippen LogP contribution in [0.3, 0.4) is 0 Å². The summed E-state index contributed by atoms with van der Waals surface area (Å²) in [5.41, 5.74) is 0.857. The third-order valence-electron chi connectivity index (χ3n) is 2.59. The van der Waals surface area contributed by atoms with Crippen LogP contribution in [-0.2, 0) is 6.42 Å². The molecule has 18 heavy (non-hydrogen) atoms. The molecule has 1 rings (SSSR count). The van der Waals surface area contributed by atoms with Crippen LogP contribution < -0.4 is 4.74 Å². The summed E-state index contributed by atoms with van der Waals surface area (Å²) in [7, 11) is 4.04. The number of nitrogens with zero attached hydrogens (tertiary/aromatic N) is 1. The van der Waals surface area contributed by atoms with Gasteiger partial charge in [-0.1, -0.05) is 18.5 Å². The van der Waals surface area contributed by atoms with Crippen molar-refractivity contribution < 1.29 is 9.13 Å². The van der Waals surface area contributed by atoms with Crippen LogP contribution in [0.2, 0.25) is 5.02 Å². The molecule has 0 aliphatic carbocycles. The van der Waals surface area contributed by atoms with Gasteiger partial charge in [0.25, 0.3) is 0 Å². The number of halogens is 2. The zero-order valence-electron chi connectivity index (χ0n) is 11.3. The molecule has 0 unspecified atom stereocenters. The summed E-state index contributed by atoms with van der Waals surface area (Å²) in [6.45, 7) is 3.59. The van der Waals surface area contributed by atoms with Gasteiger partial charge in [0.15, 0.2) is 0 Å². The molecule has 0 bridgehead atoms. The average molecular weight is 274 g/mol. The van der Waals surface area contributed by atoms with Gasteiger partial charge < -0.3 is 9.64 Å². The first kappa shape index (κ1) is 15.3. The third kappa shape index (κ3) is 4.83. The van der Waals surface area contributed by atoms with Crippen LogP contribution in [0, 0.1) is 5.82 Å². The number of hydrogen-bond acceptors (Lipinski definition) is 2. The van der Waals surface area contributed by atoms with Crippen molar-refractivity contribution in [3.63, 3.8) is 0 Å². The Morgan fingerprint density at radius 1 is 1.33 bits per heavy atom. The highest BCUT2D eigenvalue weighted by atomic mass is 35.5. The fraction of sp³-hybridized carbons (Fsp3) is 0.571. The van der Waals surface area contributed by atoms with E-state index in [-0.39, 0.29) is 5.82 Å². The second-order valence-corrected chi connectivity index (χ2v) is 5.04. The Balaban J connectivity index is 2.78. The first-order valence-electron chi connectivity index (χ1n) is 6.30. The fourth-order valence-corrected chi connectivity index (χ4v) is 2.03. The fourth-order valence-electron chi connectivity index (χ4n) is 1.75. The van der Waals surface area contributed by atoms with E-state index < -0.39 is 0 Å². The van der Waals surface area contributed by atoms with Gasteiger partial charge in [-0.05, 0) is 57.6 Å². The van der Waals surface area contributed by atoms with E-state index in [2.05, 4.69) is 4.90 Å². The largest absolute Gasteiger partial charge is 0.492 e. The molecule has 0 saturated heterocycles. The van der Waals surface area contributed by atoms with Crippen molar-refractivity contribution in [2.75, 3.05) is 27.2 Å². The Labute approximate surface area is 114 Å². The van der Waals surface area contributed by atoms with Gasteiger partial charge in [0, 0.05) is 0 Å². The third-order valence-corrected chi connectivity index (χ3v) is 2.87. The van der Waals surface area contributed by atoms with E-state index in [1.165, 1.54) is 12.1 Å². The van der Waals surface area contributed by atoms with Crippen molar-refractivity contribution in [3.8, 4) is 5.75 Å². The molecule has 0 aliphatic rings. The van der Waals surface area contributed by atoms with Crippen molar-refractivity contribution in [1.29, 1.82) is 0 Å². The summed E-state index contributed by atoms with van der Waals surface area (Å²) in [5.74, 6) is 0.336. The molecule has 0 amide bonds. The molecule has 0 atom stereocenters. The summed E-state index contributed by atoms with van der Waals surface area (Å²) in [5, 5.41) is 0.364. The lowest BCUT2D eigenvalue weighted by Gasteiger charge is -2.14. The maximum atomic E-state index is 13.4. The van der Waals surface area contributed by atoms with Gasteiger partial charge in [-0.3, -0.25) is 0 Å². The van der Waals surface area contributed by atoms with Gasteiger partial charge >= 0.3 is 0 Å². The predicted molar refractivity (Wildman–Crippen MR) is 74.1 cm³/mol. The highest BCUT2D eigenvalue weighted by molar-refractivity contribution is 6.32. The minimum atomic E-state index is -0.302. The average Bonchev–Trinajstić information content (AvgIpc) is 2.27. The lowest BCUT2D eigenvalue weighted by molar-refractivity contribution is 0.312. The van der Waals surface area contributed by atoms with E-state index >= 15 is 0 Å². The van der Waals surface area contributed by atoms with Crippen LogP contribution in [0.5, 0.6) is 5.75 Å². The number of ether oxygens (including phenoxy) is 1. The van der Waals surface area contributed by atoms with E-state index in [0.29, 0.717) is 17.4 Å². The number of rotatable bonds is 7. The molecule has 2 nitrogen and oxygen atoms in total. The standard InChI is InChI=1S/C14H21ClFNO/c1-4-8-18-14-11(6-5-7-17(2)3)9-12(16)10-13(14)15/h9-10H,4-8H2,1-3H3. The molecule has 4 heteroatoms. The summed E-state index contributed by atoms with van der Waals surface area (Å²) in [6.07, 6.45) is 2.63. The Morgan fingerprint density at radius 2 is 2.06 bits per heavy atom. The van der Waals surface area contributed by atoms with Crippen LogP contribution in [0.4, 0.5) is 4.39 Å². The van der Waals surface area contributed by atoms with Crippen LogP contribution in [0.25, 0.3) is 0 Å². The zero-order valence-corrected chi connectivity index (χ0v) is 12.1. The molecule has 0 aromatic heterocycles. The normalized spacial score (nSPS) is 11.0. The second-order valence-electron chi connectivity index (χ2n) is 4.63. The highest BCUT2D eigenvalue weighted by Crippen LogP contribution is 2.31. The topological polar surface area (TPSA) is 12.5 Å².